The Morgan fingerprint density at radius 1 is 1.36 bits per heavy atom. The Hall–Kier alpha value is -2.57. The van der Waals surface area contributed by atoms with Gasteiger partial charge in [-0.15, -0.1) is 0 Å². The van der Waals surface area contributed by atoms with E-state index in [1.54, 1.807) is 18.2 Å². The SMILES string of the molecule is COc1cc(C(=O)O[C@@H](C)C(=O)N2CCNC2=O)ccc1C. The number of benzene rings is 1. The Labute approximate surface area is 128 Å². The number of urea groups is 1. The highest BCUT2D eigenvalue weighted by Crippen LogP contribution is 2.20. The molecule has 1 heterocycles. The van der Waals surface area contributed by atoms with Gasteiger partial charge in [-0.05, 0) is 31.5 Å². The van der Waals surface area contributed by atoms with Gasteiger partial charge in [-0.3, -0.25) is 9.69 Å². The number of carbonyl (C=O) groups excluding carboxylic acids is 3. The minimum Gasteiger partial charge on any atom is -0.496 e. The summed E-state index contributed by atoms with van der Waals surface area (Å²) in [5.74, 6) is -0.617. The molecule has 0 spiro atoms. The molecule has 1 atom stereocenters. The van der Waals surface area contributed by atoms with Crippen LogP contribution in [0.2, 0.25) is 0 Å². The van der Waals surface area contributed by atoms with Crippen LogP contribution in [0.4, 0.5) is 4.79 Å². The molecule has 22 heavy (non-hydrogen) atoms. The molecule has 118 valence electrons. The van der Waals surface area contributed by atoms with Gasteiger partial charge in [0.05, 0.1) is 12.7 Å². The van der Waals surface area contributed by atoms with Crippen molar-refractivity contribution in [3.63, 3.8) is 0 Å². The van der Waals surface area contributed by atoms with Crippen molar-refractivity contribution in [3.05, 3.63) is 29.3 Å². The number of hydrogen-bond acceptors (Lipinski definition) is 5. The Kier molecular flexibility index (Phi) is 4.65. The summed E-state index contributed by atoms with van der Waals surface area (Å²) in [4.78, 5) is 36.6. The smallest absolute Gasteiger partial charge is 0.339 e. The number of nitrogens with zero attached hydrogens (tertiary/aromatic N) is 1. The molecule has 3 amide bonds. The number of esters is 1. The van der Waals surface area contributed by atoms with Crippen LogP contribution in [0, 0.1) is 6.92 Å². The summed E-state index contributed by atoms with van der Waals surface area (Å²) in [5.41, 5.74) is 1.17. The molecule has 0 aromatic heterocycles. The van der Waals surface area contributed by atoms with Gasteiger partial charge >= 0.3 is 12.0 Å². The van der Waals surface area contributed by atoms with Gasteiger partial charge in [-0.25, -0.2) is 9.59 Å². The summed E-state index contributed by atoms with van der Waals surface area (Å²) in [6.45, 7) is 3.97. The van der Waals surface area contributed by atoms with Crippen molar-refractivity contribution < 1.29 is 23.9 Å². The van der Waals surface area contributed by atoms with Crippen molar-refractivity contribution >= 4 is 17.9 Å². The number of imide groups is 1. The number of carbonyl (C=O) groups is 3. The standard InChI is InChI=1S/C15H18N2O5/c1-9-4-5-11(8-12(9)21-3)14(19)22-10(2)13(18)17-7-6-16-15(17)20/h4-5,8,10H,6-7H2,1-3H3,(H,16,20)/t10-/m0/s1. The molecule has 1 N–H and O–H groups in total. The first-order valence-electron chi connectivity index (χ1n) is 6.89. The van der Waals surface area contributed by atoms with Gasteiger partial charge in [0, 0.05) is 13.1 Å². The fourth-order valence-corrected chi connectivity index (χ4v) is 2.13. The third-order valence-corrected chi connectivity index (χ3v) is 3.40. The van der Waals surface area contributed by atoms with Crippen molar-refractivity contribution in [2.75, 3.05) is 20.2 Å². The molecular formula is C15H18N2O5. The highest BCUT2D eigenvalue weighted by atomic mass is 16.5. The maximum absolute atomic E-state index is 12.1. The van der Waals surface area contributed by atoms with E-state index in [4.69, 9.17) is 9.47 Å². The first-order chi connectivity index (χ1) is 10.4. The molecular weight excluding hydrogens is 288 g/mol. The summed E-state index contributed by atoms with van der Waals surface area (Å²) >= 11 is 0. The summed E-state index contributed by atoms with van der Waals surface area (Å²) < 4.78 is 10.3. The minimum absolute atomic E-state index is 0.276. The van der Waals surface area contributed by atoms with E-state index in [0.29, 0.717) is 12.3 Å². The van der Waals surface area contributed by atoms with Gasteiger partial charge in [0.15, 0.2) is 6.10 Å². The van der Waals surface area contributed by atoms with Crippen LogP contribution < -0.4 is 10.1 Å². The highest BCUT2D eigenvalue weighted by molar-refractivity contribution is 5.99. The van der Waals surface area contributed by atoms with Crippen molar-refractivity contribution in [3.8, 4) is 5.75 Å². The summed E-state index contributed by atoms with van der Waals surface area (Å²) in [7, 11) is 1.51. The molecule has 7 heteroatoms. The van der Waals surface area contributed by atoms with Gasteiger partial charge in [-0.1, -0.05) is 6.07 Å². The summed E-state index contributed by atoms with van der Waals surface area (Å²) in [5, 5.41) is 2.52. The van der Waals surface area contributed by atoms with Gasteiger partial charge in [0.1, 0.15) is 5.75 Å². The molecule has 0 saturated carbocycles. The first kappa shape index (κ1) is 15.8. The molecule has 0 unspecified atom stereocenters. The Balaban J connectivity index is 2.04. The van der Waals surface area contributed by atoms with Crippen LogP contribution in [0.25, 0.3) is 0 Å². The summed E-state index contributed by atoms with van der Waals surface area (Å²) in [6, 6.07) is 4.41. The number of aryl methyl sites for hydroxylation is 1. The lowest BCUT2D eigenvalue weighted by molar-refractivity contribution is -0.136. The quantitative estimate of drug-likeness (QED) is 0.842. The Bertz CT molecular complexity index is 614. The monoisotopic (exact) mass is 306 g/mol. The van der Waals surface area contributed by atoms with E-state index in [2.05, 4.69) is 5.32 Å². The topological polar surface area (TPSA) is 84.9 Å². The van der Waals surface area contributed by atoms with E-state index >= 15 is 0 Å². The van der Waals surface area contributed by atoms with Crippen molar-refractivity contribution in [2.24, 2.45) is 0 Å². The molecule has 0 radical (unpaired) electrons. The maximum atomic E-state index is 12.1. The molecule has 2 rings (SSSR count). The van der Waals surface area contributed by atoms with Crippen LogP contribution in [0.3, 0.4) is 0 Å². The molecule has 1 aromatic rings. The van der Waals surface area contributed by atoms with Crippen LogP contribution in [0.5, 0.6) is 5.75 Å². The number of hydrogen-bond donors (Lipinski definition) is 1. The molecule has 7 nitrogen and oxygen atoms in total. The number of ether oxygens (including phenoxy) is 2. The van der Waals surface area contributed by atoms with Gasteiger partial charge in [-0.2, -0.15) is 0 Å². The average molecular weight is 306 g/mol. The van der Waals surface area contributed by atoms with Gasteiger partial charge < -0.3 is 14.8 Å². The zero-order chi connectivity index (χ0) is 16.3. The zero-order valence-corrected chi connectivity index (χ0v) is 12.7. The minimum atomic E-state index is -1.04. The van der Waals surface area contributed by atoms with Crippen LogP contribution in [-0.4, -0.2) is 49.1 Å². The van der Waals surface area contributed by atoms with Crippen LogP contribution in [0.1, 0.15) is 22.8 Å². The molecule has 1 aliphatic rings. The highest BCUT2D eigenvalue weighted by Gasteiger charge is 2.31. The zero-order valence-electron chi connectivity index (χ0n) is 12.7. The van der Waals surface area contributed by atoms with Gasteiger partial charge in [0.25, 0.3) is 5.91 Å². The second-order valence-corrected chi connectivity index (χ2v) is 4.95. The van der Waals surface area contributed by atoms with Crippen molar-refractivity contribution in [2.45, 2.75) is 20.0 Å². The number of methoxy groups -OCH3 is 1. The fraction of sp³-hybridized carbons (Fsp3) is 0.400. The summed E-state index contributed by atoms with van der Waals surface area (Å²) in [6.07, 6.45) is -1.04. The van der Waals surface area contributed by atoms with Crippen molar-refractivity contribution in [1.82, 2.24) is 10.2 Å². The number of rotatable bonds is 4. The lowest BCUT2D eigenvalue weighted by Crippen LogP contribution is -2.41. The normalized spacial score (nSPS) is 15.2. The predicted molar refractivity (Wildman–Crippen MR) is 77.7 cm³/mol. The van der Waals surface area contributed by atoms with E-state index in [1.165, 1.54) is 14.0 Å². The largest absolute Gasteiger partial charge is 0.496 e. The van der Waals surface area contributed by atoms with Gasteiger partial charge in [0.2, 0.25) is 0 Å². The molecule has 0 aliphatic carbocycles. The van der Waals surface area contributed by atoms with E-state index in [0.717, 1.165) is 10.5 Å². The number of amides is 3. The Morgan fingerprint density at radius 3 is 2.68 bits per heavy atom. The fourth-order valence-electron chi connectivity index (χ4n) is 2.13. The second-order valence-electron chi connectivity index (χ2n) is 4.95. The predicted octanol–water partition coefficient (Wildman–Crippen LogP) is 1.10. The molecule has 1 aliphatic heterocycles. The second kappa shape index (κ2) is 6.46. The third kappa shape index (κ3) is 3.19. The Morgan fingerprint density at radius 2 is 2.09 bits per heavy atom. The lowest BCUT2D eigenvalue weighted by Gasteiger charge is -2.18. The van der Waals surface area contributed by atoms with Crippen LogP contribution in [0.15, 0.2) is 18.2 Å². The first-order valence-corrected chi connectivity index (χ1v) is 6.89. The third-order valence-electron chi connectivity index (χ3n) is 3.40. The van der Waals surface area contributed by atoms with E-state index < -0.39 is 24.0 Å². The van der Waals surface area contributed by atoms with E-state index in [9.17, 15) is 14.4 Å². The average Bonchev–Trinajstić information content (AvgIpc) is 2.92. The maximum Gasteiger partial charge on any atom is 0.339 e. The number of nitrogens with one attached hydrogen (secondary N) is 1. The molecule has 1 saturated heterocycles. The van der Waals surface area contributed by atoms with E-state index in [-0.39, 0.29) is 12.1 Å². The molecule has 1 aromatic carbocycles. The van der Waals surface area contributed by atoms with Crippen LogP contribution in [-0.2, 0) is 9.53 Å². The molecule has 0 bridgehead atoms. The molecule has 1 fully saturated rings. The van der Waals surface area contributed by atoms with Crippen LogP contribution >= 0.6 is 0 Å². The lowest BCUT2D eigenvalue weighted by atomic mass is 10.1. The van der Waals surface area contributed by atoms with E-state index in [1.807, 2.05) is 6.92 Å². The van der Waals surface area contributed by atoms with Crippen molar-refractivity contribution in [1.29, 1.82) is 0 Å².